The van der Waals surface area contributed by atoms with Gasteiger partial charge in [-0.2, -0.15) is 0 Å². The number of aromatic nitrogens is 1. The van der Waals surface area contributed by atoms with E-state index in [1.54, 1.807) is 6.20 Å². The van der Waals surface area contributed by atoms with Crippen molar-refractivity contribution in [1.82, 2.24) is 9.88 Å². The number of hydrogen-bond donors (Lipinski definition) is 0. The van der Waals surface area contributed by atoms with Gasteiger partial charge in [-0.1, -0.05) is 17.7 Å². The molecule has 1 aliphatic carbocycles. The van der Waals surface area contributed by atoms with E-state index in [9.17, 15) is 13.6 Å². The summed E-state index contributed by atoms with van der Waals surface area (Å²) in [6.07, 6.45) is 6.29. The zero-order valence-electron chi connectivity index (χ0n) is 16.0. The number of likely N-dealkylation sites (tertiary alicyclic amines) is 1. The van der Waals surface area contributed by atoms with E-state index in [2.05, 4.69) is 34.1 Å². The van der Waals surface area contributed by atoms with Crippen LogP contribution in [-0.4, -0.2) is 35.2 Å². The summed E-state index contributed by atoms with van der Waals surface area (Å²) in [5.74, 6) is -2.53. The number of piperidine rings is 1. The van der Waals surface area contributed by atoms with E-state index >= 15 is 0 Å². The third kappa shape index (κ3) is 3.90. The summed E-state index contributed by atoms with van der Waals surface area (Å²) in [4.78, 5) is 18.0. The van der Waals surface area contributed by atoms with Gasteiger partial charge in [0, 0.05) is 56.0 Å². The lowest BCUT2D eigenvalue weighted by Gasteiger charge is -2.31. The van der Waals surface area contributed by atoms with E-state index in [0.717, 1.165) is 52.5 Å². The van der Waals surface area contributed by atoms with Crippen LogP contribution in [0.3, 0.4) is 0 Å². The van der Waals surface area contributed by atoms with Gasteiger partial charge in [-0.3, -0.25) is 14.7 Å². The third-order valence-corrected chi connectivity index (χ3v) is 5.87. The van der Waals surface area contributed by atoms with Crippen molar-refractivity contribution in [2.75, 3.05) is 13.1 Å². The third-order valence-electron chi connectivity index (χ3n) is 5.87. The van der Waals surface area contributed by atoms with Crippen LogP contribution in [0, 0.1) is 0 Å². The number of fused-ring (bicyclic) bond motifs is 1. The molecule has 0 bridgehead atoms. The Morgan fingerprint density at radius 1 is 1.11 bits per heavy atom. The predicted molar refractivity (Wildman–Crippen MR) is 106 cm³/mol. The number of aryl methyl sites for hydroxylation is 1. The maximum atomic E-state index is 13.4. The van der Waals surface area contributed by atoms with Gasteiger partial charge in [-0.25, -0.2) is 8.78 Å². The lowest BCUT2D eigenvalue weighted by molar-refractivity contribution is -0.103. The van der Waals surface area contributed by atoms with Crippen molar-refractivity contribution in [1.29, 1.82) is 0 Å². The first-order chi connectivity index (χ1) is 13.4. The van der Waals surface area contributed by atoms with Gasteiger partial charge in [0.15, 0.2) is 6.29 Å². The Morgan fingerprint density at radius 2 is 1.89 bits per heavy atom. The molecule has 4 rings (SSSR count). The highest BCUT2D eigenvalue weighted by Gasteiger charge is 2.33. The highest BCUT2D eigenvalue weighted by molar-refractivity contribution is 6.09. The molecule has 1 fully saturated rings. The monoisotopic (exact) mass is 382 g/mol. The molecule has 0 radical (unpaired) electrons. The Hall–Kier alpha value is -2.40. The van der Waals surface area contributed by atoms with Crippen LogP contribution in [0.15, 0.2) is 42.2 Å². The standard InChI is InChI=1S/C23H24F2N2O/c1-16-2-3-18-4-5-19(11-21(18)22(16)15-28)20-10-17(12-26-13-20)14-27-8-6-23(24,25)7-9-27/h4-5,10-13,15H,2-3,6-9,14H2,1H3. The number of allylic oxidation sites excluding steroid dienone is 2. The van der Waals surface area contributed by atoms with Gasteiger partial charge in [0.25, 0.3) is 5.92 Å². The normalized spacial score (nSPS) is 19.4. The first-order valence-corrected chi connectivity index (χ1v) is 9.78. The van der Waals surface area contributed by atoms with Crippen LogP contribution in [0.2, 0.25) is 0 Å². The van der Waals surface area contributed by atoms with Gasteiger partial charge in [0.05, 0.1) is 0 Å². The lowest BCUT2D eigenvalue weighted by atomic mass is 9.85. The van der Waals surface area contributed by atoms with Gasteiger partial charge in [-0.05, 0) is 54.2 Å². The highest BCUT2D eigenvalue weighted by Crippen LogP contribution is 2.33. The second-order valence-corrected chi connectivity index (χ2v) is 7.90. The van der Waals surface area contributed by atoms with Crippen LogP contribution in [0.4, 0.5) is 8.78 Å². The second kappa shape index (κ2) is 7.55. The minimum atomic E-state index is -2.53. The minimum absolute atomic E-state index is 0.0783. The van der Waals surface area contributed by atoms with Gasteiger partial charge in [0.1, 0.15) is 0 Å². The zero-order valence-corrected chi connectivity index (χ0v) is 16.0. The summed E-state index contributed by atoms with van der Waals surface area (Å²) < 4.78 is 26.7. The van der Waals surface area contributed by atoms with Crippen molar-refractivity contribution in [2.24, 2.45) is 0 Å². The molecule has 0 atom stereocenters. The molecule has 5 heteroatoms. The maximum absolute atomic E-state index is 13.4. The molecule has 1 aliphatic heterocycles. The summed E-state index contributed by atoms with van der Waals surface area (Å²) in [5, 5.41) is 0. The Bertz CT molecular complexity index is 926. The molecule has 3 nitrogen and oxygen atoms in total. The number of rotatable bonds is 4. The molecule has 0 N–H and O–H groups in total. The fourth-order valence-electron chi connectivity index (χ4n) is 4.10. The van der Waals surface area contributed by atoms with Gasteiger partial charge >= 0.3 is 0 Å². The number of halogens is 2. The SMILES string of the molecule is CC1=C(C=O)c2cc(-c3cncc(CN4CCC(F)(F)CC4)c3)ccc2CC1. The van der Waals surface area contributed by atoms with Gasteiger partial charge < -0.3 is 0 Å². The predicted octanol–water partition coefficient (Wildman–Crippen LogP) is 4.90. The van der Waals surface area contributed by atoms with Crippen molar-refractivity contribution < 1.29 is 13.6 Å². The molecule has 2 aliphatic rings. The number of nitrogens with zero attached hydrogens (tertiary/aromatic N) is 2. The molecule has 28 heavy (non-hydrogen) atoms. The smallest absolute Gasteiger partial charge is 0.250 e. The van der Waals surface area contributed by atoms with Crippen LogP contribution in [0.5, 0.6) is 0 Å². The van der Waals surface area contributed by atoms with Gasteiger partial charge in [-0.15, -0.1) is 0 Å². The van der Waals surface area contributed by atoms with E-state index in [0.29, 0.717) is 19.6 Å². The Balaban J connectivity index is 1.57. The number of carbonyl (C=O) groups is 1. The van der Waals surface area contributed by atoms with Gasteiger partial charge in [0.2, 0.25) is 0 Å². The van der Waals surface area contributed by atoms with E-state index in [4.69, 9.17) is 0 Å². The lowest BCUT2D eigenvalue weighted by Crippen LogP contribution is -2.38. The van der Waals surface area contributed by atoms with Crippen molar-refractivity contribution >= 4 is 11.9 Å². The maximum Gasteiger partial charge on any atom is 0.250 e. The molecule has 0 amide bonds. The second-order valence-electron chi connectivity index (χ2n) is 7.90. The molecule has 0 saturated carbocycles. The van der Waals surface area contributed by atoms with Crippen LogP contribution in [0.25, 0.3) is 16.7 Å². The van der Waals surface area contributed by atoms with Crippen LogP contribution >= 0.6 is 0 Å². The quantitative estimate of drug-likeness (QED) is 0.706. The van der Waals surface area contributed by atoms with Crippen LogP contribution in [0.1, 0.15) is 42.9 Å². The molecule has 1 saturated heterocycles. The molecule has 2 heterocycles. The number of pyridine rings is 1. The summed E-state index contributed by atoms with van der Waals surface area (Å²) in [6, 6.07) is 8.32. The number of carbonyl (C=O) groups excluding carboxylic acids is 1. The van der Waals surface area contributed by atoms with Crippen molar-refractivity contribution in [2.45, 2.75) is 45.1 Å². The van der Waals surface area contributed by atoms with E-state index in [1.807, 2.05) is 13.1 Å². The molecule has 2 aromatic rings. The van der Waals surface area contributed by atoms with Crippen LogP contribution in [-0.2, 0) is 17.8 Å². The highest BCUT2D eigenvalue weighted by atomic mass is 19.3. The Labute approximate surface area is 164 Å². The molecular formula is C23H24F2N2O. The van der Waals surface area contributed by atoms with E-state index in [1.165, 1.54) is 5.56 Å². The number of alkyl halides is 2. The molecular weight excluding hydrogens is 358 g/mol. The fraction of sp³-hybridized carbons (Fsp3) is 0.391. The summed E-state index contributed by atoms with van der Waals surface area (Å²) in [5.41, 5.74) is 7.16. The Morgan fingerprint density at radius 3 is 2.64 bits per heavy atom. The van der Waals surface area contributed by atoms with Crippen molar-refractivity contribution in [3.05, 3.63) is 58.9 Å². The first kappa shape index (κ1) is 18.9. The van der Waals surface area contributed by atoms with Crippen LogP contribution < -0.4 is 0 Å². The zero-order chi connectivity index (χ0) is 19.7. The molecule has 1 aromatic carbocycles. The largest absolute Gasteiger partial charge is 0.299 e. The van der Waals surface area contributed by atoms with E-state index < -0.39 is 5.92 Å². The molecule has 146 valence electrons. The number of aldehydes is 1. The number of benzene rings is 1. The minimum Gasteiger partial charge on any atom is -0.299 e. The molecule has 1 aromatic heterocycles. The fourth-order valence-corrected chi connectivity index (χ4v) is 4.10. The molecule has 0 unspecified atom stereocenters. The molecule has 0 spiro atoms. The summed E-state index contributed by atoms with van der Waals surface area (Å²) >= 11 is 0. The van der Waals surface area contributed by atoms with E-state index in [-0.39, 0.29) is 12.8 Å². The summed E-state index contributed by atoms with van der Waals surface area (Å²) in [6.45, 7) is 3.45. The summed E-state index contributed by atoms with van der Waals surface area (Å²) in [7, 11) is 0. The average molecular weight is 382 g/mol. The van der Waals surface area contributed by atoms with Crippen molar-refractivity contribution in [3.8, 4) is 11.1 Å². The topological polar surface area (TPSA) is 33.2 Å². The van der Waals surface area contributed by atoms with Crippen molar-refractivity contribution in [3.63, 3.8) is 0 Å². The average Bonchev–Trinajstić information content (AvgIpc) is 2.69. The first-order valence-electron chi connectivity index (χ1n) is 9.78. The number of hydrogen-bond acceptors (Lipinski definition) is 3. The Kier molecular flexibility index (Phi) is 5.11.